The second-order valence-corrected chi connectivity index (χ2v) is 7.57. The maximum absolute atomic E-state index is 6.07. The lowest BCUT2D eigenvalue weighted by Crippen LogP contribution is -2.36. The van der Waals surface area contributed by atoms with E-state index in [9.17, 15) is 0 Å². The van der Waals surface area contributed by atoms with E-state index in [0.29, 0.717) is 0 Å². The highest BCUT2D eigenvalue weighted by Gasteiger charge is 2.49. The molecule has 0 fully saturated rings. The largest absolute Gasteiger partial charge is 0.492 e. The molecule has 2 aliphatic rings. The Morgan fingerprint density at radius 1 is 1.13 bits per heavy atom. The number of rotatable bonds is 4. The second-order valence-electron chi connectivity index (χ2n) is 6.66. The lowest BCUT2D eigenvalue weighted by Gasteiger charge is -2.25. The fraction of sp³-hybridized carbons (Fsp3) is 0.400. The van der Waals surface area contributed by atoms with Crippen LogP contribution in [0.1, 0.15) is 37.3 Å². The summed E-state index contributed by atoms with van der Waals surface area (Å²) < 4.78 is 7.20. The highest BCUT2D eigenvalue weighted by Crippen LogP contribution is 2.51. The van der Waals surface area contributed by atoms with Gasteiger partial charge >= 0.3 is 0 Å². The molecule has 2 nitrogen and oxygen atoms in total. The van der Waals surface area contributed by atoms with E-state index >= 15 is 0 Å². The molecule has 0 saturated carbocycles. The lowest BCUT2D eigenvalue weighted by atomic mass is 9.78. The molecule has 1 unspecified atom stereocenters. The minimum Gasteiger partial charge on any atom is -0.492 e. The van der Waals surface area contributed by atoms with Crippen molar-refractivity contribution >= 4 is 21.6 Å². The summed E-state index contributed by atoms with van der Waals surface area (Å²) in [6.07, 6.45) is 3.82. The summed E-state index contributed by atoms with van der Waals surface area (Å²) in [5.41, 5.74) is 4.13. The minimum absolute atomic E-state index is 0.0120. The van der Waals surface area contributed by atoms with Gasteiger partial charge in [0.25, 0.3) is 0 Å². The third-order valence-electron chi connectivity index (χ3n) is 5.18. The number of hydrogen-bond acceptors (Lipinski definition) is 2. The number of ether oxygens (including phenoxy) is 1. The maximum Gasteiger partial charge on any atom is 0.123 e. The Labute approximate surface area is 146 Å². The molecule has 0 saturated heterocycles. The normalized spacial score (nSPS) is 21.4. The van der Waals surface area contributed by atoms with Crippen molar-refractivity contribution in [1.29, 1.82) is 0 Å². The summed E-state index contributed by atoms with van der Waals surface area (Å²) in [5, 5.41) is 0. The number of hydrogen-bond donors (Lipinski definition) is 0. The minimum atomic E-state index is -0.0120. The molecule has 0 N–H and O–H groups in total. The van der Waals surface area contributed by atoms with Crippen molar-refractivity contribution in [3.05, 3.63) is 58.1 Å². The first-order valence-corrected chi connectivity index (χ1v) is 9.31. The number of benzene rings is 2. The molecule has 23 heavy (non-hydrogen) atoms. The van der Waals surface area contributed by atoms with Gasteiger partial charge in [-0.05, 0) is 36.2 Å². The zero-order valence-corrected chi connectivity index (χ0v) is 15.1. The van der Waals surface area contributed by atoms with E-state index in [-0.39, 0.29) is 5.41 Å². The third kappa shape index (κ3) is 2.37. The molecule has 0 amide bonds. The van der Waals surface area contributed by atoms with Gasteiger partial charge in [0, 0.05) is 28.8 Å². The summed E-state index contributed by atoms with van der Waals surface area (Å²) in [6, 6.07) is 15.3. The second kappa shape index (κ2) is 5.86. The molecule has 1 atom stereocenters. The van der Waals surface area contributed by atoms with Gasteiger partial charge in [0.1, 0.15) is 12.4 Å². The van der Waals surface area contributed by atoms with Gasteiger partial charge in [-0.25, -0.2) is 0 Å². The van der Waals surface area contributed by atoms with Crippen LogP contribution in [0.15, 0.2) is 46.9 Å². The van der Waals surface area contributed by atoms with Gasteiger partial charge < -0.3 is 9.64 Å². The topological polar surface area (TPSA) is 12.5 Å². The van der Waals surface area contributed by atoms with Crippen LogP contribution in [0.2, 0.25) is 0 Å². The summed E-state index contributed by atoms with van der Waals surface area (Å²) in [5.74, 6) is 1.04. The van der Waals surface area contributed by atoms with Crippen LogP contribution in [0.4, 0.5) is 5.69 Å². The smallest absolute Gasteiger partial charge is 0.123 e. The van der Waals surface area contributed by atoms with Crippen LogP contribution in [-0.4, -0.2) is 19.7 Å². The fourth-order valence-electron chi connectivity index (χ4n) is 4.04. The standard InChI is InChI=1S/C20H22BrNO/c1-2-3-6-11-22-13-20(16-7-4-5-8-18(16)22)14-23-19-10-9-15(21)12-17(19)20/h4-5,7-10,12H,2-3,6,11,13-14H2,1H3. The SMILES string of the molecule is CCCCCN1CC2(COc3ccc(Br)cc32)c2ccccc21. The first-order valence-electron chi connectivity index (χ1n) is 8.52. The van der Waals surface area contributed by atoms with Crippen molar-refractivity contribution in [2.45, 2.75) is 31.6 Å². The average Bonchev–Trinajstić information content (AvgIpc) is 3.09. The van der Waals surface area contributed by atoms with Crippen molar-refractivity contribution in [2.75, 3.05) is 24.6 Å². The Hall–Kier alpha value is -1.48. The van der Waals surface area contributed by atoms with E-state index in [1.54, 1.807) is 0 Å². The Morgan fingerprint density at radius 2 is 2.00 bits per heavy atom. The highest BCUT2D eigenvalue weighted by atomic mass is 79.9. The number of unbranched alkanes of at least 4 members (excludes halogenated alkanes) is 2. The summed E-state index contributed by atoms with van der Waals surface area (Å²) in [6.45, 7) is 5.17. The zero-order chi connectivity index (χ0) is 15.9. The van der Waals surface area contributed by atoms with Crippen molar-refractivity contribution < 1.29 is 4.74 Å². The van der Waals surface area contributed by atoms with Gasteiger partial charge in [-0.1, -0.05) is 53.9 Å². The van der Waals surface area contributed by atoms with E-state index in [1.807, 2.05) is 0 Å². The monoisotopic (exact) mass is 371 g/mol. The number of para-hydroxylation sites is 1. The van der Waals surface area contributed by atoms with Gasteiger partial charge in [-0.15, -0.1) is 0 Å². The molecule has 3 heteroatoms. The van der Waals surface area contributed by atoms with Crippen LogP contribution in [0.3, 0.4) is 0 Å². The highest BCUT2D eigenvalue weighted by molar-refractivity contribution is 9.10. The molecule has 2 aliphatic heterocycles. The van der Waals surface area contributed by atoms with Crippen molar-refractivity contribution in [2.24, 2.45) is 0 Å². The molecule has 0 aromatic heterocycles. The fourth-order valence-corrected chi connectivity index (χ4v) is 4.40. The molecule has 0 radical (unpaired) electrons. The van der Waals surface area contributed by atoms with E-state index in [0.717, 1.165) is 29.9 Å². The number of fused-ring (bicyclic) bond motifs is 4. The molecule has 0 aliphatic carbocycles. The molecule has 0 bridgehead atoms. The molecular weight excluding hydrogens is 350 g/mol. The van der Waals surface area contributed by atoms with Crippen LogP contribution in [0.25, 0.3) is 0 Å². The van der Waals surface area contributed by atoms with Gasteiger partial charge in [-0.2, -0.15) is 0 Å². The Bertz CT molecular complexity index is 729. The molecule has 2 aromatic rings. The van der Waals surface area contributed by atoms with Gasteiger partial charge in [0.05, 0.1) is 5.41 Å². The van der Waals surface area contributed by atoms with Crippen molar-refractivity contribution in [3.8, 4) is 5.75 Å². The molecule has 120 valence electrons. The van der Waals surface area contributed by atoms with E-state index in [4.69, 9.17) is 4.74 Å². The van der Waals surface area contributed by atoms with E-state index < -0.39 is 0 Å². The van der Waals surface area contributed by atoms with E-state index in [1.165, 1.54) is 36.1 Å². The molecular formula is C20H22BrNO. The average molecular weight is 372 g/mol. The molecule has 2 aromatic carbocycles. The Kier molecular flexibility index (Phi) is 3.84. The quantitative estimate of drug-likeness (QED) is 0.690. The zero-order valence-electron chi connectivity index (χ0n) is 13.5. The van der Waals surface area contributed by atoms with Gasteiger partial charge in [0.15, 0.2) is 0 Å². The first kappa shape index (κ1) is 15.1. The van der Waals surface area contributed by atoms with Crippen molar-refractivity contribution in [1.82, 2.24) is 0 Å². The summed E-state index contributed by atoms with van der Waals surface area (Å²) in [4.78, 5) is 2.56. The van der Waals surface area contributed by atoms with Gasteiger partial charge in [0.2, 0.25) is 0 Å². The van der Waals surface area contributed by atoms with Crippen LogP contribution in [0, 0.1) is 0 Å². The summed E-state index contributed by atoms with van der Waals surface area (Å²) in [7, 11) is 0. The van der Waals surface area contributed by atoms with Gasteiger partial charge in [-0.3, -0.25) is 0 Å². The maximum atomic E-state index is 6.07. The lowest BCUT2D eigenvalue weighted by molar-refractivity contribution is 0.299. The molecule has 1 spiro atoms. The number of halogens is 1. The number of nitrogens with zero attached hydrogens (tertiary/aromatic N) is 1. The Balaban J connectivity index is 1.76. The molecule has 2 heterocycles. The van der Waals surface area contributed by atoms with Crippen LogP contribution < -0.4 is 9.64 Å². The van der Waals surface area contributed by atoms with Crippen LogP contribution in [0.5, 0.6) is 5.75 Å². The predicted molar refractivity (Wildman–Crippen MR) is 98.6 cm³/mol. The third-order valence-corrected chi connectivity index (χ3v) is 5.68. The predicted octanol–water partition coefficient (Wildman–Crippen LogP) is 5.14. The van der Waals surface area contributed by atoms with Crippen LogP contribution in [-0.2, 0) is 5.41 Å². The van der Waals surface area contributed by atoms with Crippen molar-refractivity contribution in [3.63, 3.8) is 0 Å². The molecule has 4 rings (SSSR count). The van der Waals surface area contributed by atoms with Crippen LogP contribution >= 0.6 is 15.9 Å². The summed E-state index contributed by atoms with van der Waals surface area (Å²) >= 11 is 3.63. The first-order chi connectivity index (χ1) is 11.2. The van der Waals surface area contributed by atoms with E-state index in [2.05, 4.69) is 70.2 Å². The Morgan fingerprint density at radius 3 is 2.87 bits per heavy atom. The number of anilines is 1.